The zero-order chi connectivity index (χ0) is 12.5. The molecule has 1 nitrogen and oxygen atoms in total. The maximum atomic E-state index is 13.0. The Morgan fingerprint density at radius 3 is 2.67 bits per heavy atom. The fourth-order valence-electron chi connectivity index (χ4n) is 2.35. The summed E-state index contributed by atoms with van der Waals surface area (Å²) in [5.74, 6) is -0.286. The van der Waals surface area contributed by atoms with Crippen LogP contribution < -0.4 is 5.73 Å². The molecule has 0 unspecified atom stereocenters. The molecule has 92 valence electrons. The molecule has 0 aliphatic heterocycles. The van der Waals surface area contributed by atoms with Gasteiger partial charge in [0, 0.05) is 15.5 Å². The van der Waals surface area contributed by atoms with Gasteiger partial charge in [-0.05, 0) is 60.7 Å². The molecule has 2 aromatic carbocycles. The minimum absolute atomic E-state index is 0.286. The van der Waals surface area contributed by atoms with Crippen LogP contribution in [0.5, 0.6) is 0 Å². The molecule has 0 spiro atoms. The Morgan fingerprint density at radius 1 is 1.00 bits per heavy atom. The standard InChI is InChI=1S/C15H14FNS/c16-12-5-7-15(14(17)9-12)18-13-6-4-10-2-1-3-11(10)8-13/h4-9H,1-3,17H2. The van der Waals surface area contributed by atoms with Crippen molar-refractivity contribution in [2.24, 2.45) is 0 Å². The van der Waals surface area contributed by atoms with E-state index in [1.165, 1.54) is 47.4 Å². The van der Waals surface area contributed by atoms with Crippen LogP contribution in [-0.2, 0) is 12.8 Å². The third-order valence-electron chi connectivity index (χ3n) is 3.27. The molecule has 0 saturated heterocycles. The van der Waals surface area contributed by atoms with Gasteiger partial charge in [0.1, 0.15) is 5.82 Å². The molecule has 0 heterocycles. The molecule has 0 saturated carbocycles. The van der Waals surface area contributed by atoms with Crippen LogP contribution in [0.15, 0.2) is 46.2 Å². The predicted octanol–water partition coefficient (Wildman–Crippen LogP) is 4.05. The van der Waals surface area contributed by atoms with E-state index in [9.17, 15) is 4.39 Å². The van der Waals surface area contributed by atoms with Gasteiger partial charge in [0.15, 0.2) is 0 Å². The molecule has 2 N–H and O–H groups in total. The van der Waals surface area contributed by atoms with E-state index in [0.29, 0.717) is 5.69 Å². The van der Waals surface area contributed by atoms with Crippen molar-refractivity contribution in [3.63, 3.8) is 0 Å². The molecule has 0 aromatic heterocycles. The van der Waals surface area contributed by atoms with Gasteiger partial charge < -0.3 is 5.73 Å². The highest BCUT2D eigenvalue weighted by Gasteiger charge is 2.11. The first kappa shape index (κ1) is 11.6. The highest BCUT2D eigenvalue weighted by Crippen LogP contribution is 2.34. The highest BCUT2D eigenvalue weighted by molar-refractivity contribution is 7.99. The van der Waals surface area contributed by atoms with Crippen LogP contribution in [0.3, 0.4) is 0 Å². The molecular formula is C15H14FNS. The van der Waals surface area contributed by atoms with Gasteiger partial charge in [-0.1, -0.05) is 17.8 Å². The Labute approximate surface area is 110 Å². The number of aryl methyl sites for hydroxylation is 2. The number of benzene rings is 2. The Balaban J connectivity index is 1.88. The van der Waals surface area contributed by atoms with Crippen molar-refractivity contribution in [2.45, 2.75) is 29.1 Å². The largest absolute Gasteiger partial charge is 0.398 e. The summed E-state index contributed by atoms with van der Waals surface area (Å²) in [5, 5.41) is 0. The van der Waals surface area contributed by atoms with E-state index in [-0.39, 0.29) is 5.82 Å². The third-order valence-corrected chi connectivity index (χ3v) is 4.35. The molecule has 1 aliphatic rings. The fourth-order valence-corrected chi connectivity index (χ4v) is 3.25. The molecular weight excluding hydrogens is 245 g/mol. The molecule has 2 aromatic rings. The lowest BCUT2D eigenvalue weighted by Crippen LogP contribution is -1.90. The van der Waals surface area contributed by atoms with Gasteiger partial charge in [-0.2, -0.15) is 0 Å². The van der Waals surface area contributed by atoms with Gasteiger partial charge in [-0.15, -0.1) is 0 Å². The van der Waals surface area contributed by atoms with E-state index < -0.39 is 0 Å². The first-order valence-electron chi connectivity index (χ1n) is 6.07. The number of fused-ring (bicyclic) bond motifs is 1. The minimum atomic E-state index is -0.286. The molecule has 0 atom stereocenters. The lowest BCUT2D eigenvalue weighted by atomic mass is 10.1. The molecule has 1 aliphatic carbocycles. The minimum Gasteiger partial charge on any atom is -0.398 e. The normalized spacial score (nSPS) is 13.6. The first-order chi connectivity index (χ1) is 8.72. The zero-order valence-corrected chi connectivity index (χ0v) is 10.8. The Morgan fingerprint density at radius 2 is 1.83 bits per heavy atom. The summed E-state index contributed by atoms with van der Waals surface area (Å²) < 4.78 is 13.0. The number of halogens is 1. The van der Waals surface area contributed by atoms with Crippen LogP contribution in [0, 0.1) is 5.82 Å². The molecule has 0 bridgehead atoms. The fraction of sp³-hybridized carbons (Fsp3) is 0.200. The Hall–Kier alpha value is -1.48. The second-order valence-electron chi connectivity index (χ2n) is 4.57. The highest BCUT2D eigenvalue weighted by atomic mass is 32.2. The maximum absolute atomic E-state index is 13.0. The molecule has 18 heavy (non-hydrogen) atoms. The van der Waals surface area contributed by atoms with Crippen LogP contribution in [-0.4, -0.2) is 0 Å². The second-order valence-corrected chi connectivity index (χ2v) is 5.68. The zero-order valence-electron chi connectivity index (χ0n) is 9.95. The van der Waals surface area contributed by atoms with Crippen molar-refractivity contribution in [1.82, 2.24) is 0 Å². The van der Waals surface area contributed by atoms with Crippen LogP contribution >= 0.6 is 11.8 Å². The van der Waals surface area contributed by atoms with E-state index in [1.807, 2.05) is 0 Å². The number of anilines is 1. The van der Waals surface area contributed by atoms with Gasteiger partial charge in [0.05, 0.1) is 0 Å². The molecule has 0 amide bonds. The predicted molar refractivity (Wildman–Crippen MR) is 73.4 cm³/mol. The SMILES string of the molecule is Nc1cc(F)ccc1Sc1ccc2c(c1)CCC2. The maximum Gasteiger partial charge on any atom is 0.125 e. The number of hydrogen-bond donors (Lipinski definition) is 1. The van der Waals surface area contributed by atoms with Crippen molar-refractivity contribution in [3.05, 3.63) is 53.3 Å². The molecule has 0 fully saturated rings. The lowest BCUT2D eigenvalue weighted by molar-refractivity contribution is 0.627. The smallest absolute Gasteiger partial charge is 0.125 e. The topological polar surface area (TPSA) is 26.0 Å². The second kappa shape index (κ2) is 4.65. The summed E-state index contributed by atoms with van der Waals surface area (Å²) >= 11 is 1.60. The average molecular weight is 259 g/mol. The summed E-state index contributed by atoms with van der Waals surface area (Å²) in [4.78, 5) is 2.09. The van der Waals surface area contributed by atoms with Crippen LogP contribution in [0.4, 0.5) is 10.1 Å². The van der Waals surface area contributed by atoms with Gasteiger partial charge in [0.25, 0.3) is 0 Å². The number of hydrogen-bond acceptors (Lipinski definition) is 2. The van der Waals surface area contributed by atoms with E-state index in [2.05, 4.69) is 18.2 Å². The van der Waals surface area contributed by atoms with E-state index in [0.717, 1.165) is 4.90 Å². The molecule has 3 rings (SSSR count). The van der Waals surface area contributed by atoms with Gasteiger partial charge in [-0.25, -0.2) is 4.39 Å². The van der Waals surface area contributed by atoms with E-state index in [1.54, 1.807) is 17.8 Å². The van der Waals surface area contributed by atoms with Crippen molar-refractivity contribution in [3.8, 4) is 0 Å². The van der Waals surface area contributed by atoms with Gasteiger partial charge in [0.2, 0.25) is 0 Å². The molecule has 3 heteroatoms. The summed E-state index contributed by atoms with van der Waals surface area (Å²) in [6.07, 6.45) is 3.61. The quantitative estimate of drug-likeness (QED) is 0.823. The Kier molecular flexibility index (Phi) is 3.00. The van der Waals surface area contributed by atoms with Crippen LogP contribution in [0.1, 0.15) is 17.5 Å². The monoisotopic (exact) mass is 259 g/mol. The number of rotatable bonds is 2. The third kappa shape index (κ3) is 2.23. The van der Waals surface area contributed by atoms with E-state index in [4.69, 9.17) is 5.73 Å². The molecule has 0 radical (unpaired) electrons. The van der Waals surface area contributed by atoms with Crippen LogP contribution in [0.2, 0.25) is 0 Å². The lowest BCUT2D eigenvalue weighted by Gasteiger charge is -2.07. The summed E-state index contributed by atoms with van der Waals surface area (Å²) in [5.41, 5.74) is 9.23. The van der Waals surface area contributed by atoms with Crippen LogP contribution in [0.25, 0.3) is 0 Å². The Bertz CT molecular complexity index is 595. The van der Waals surface area contributed by atoms with Gasteiger partial charge in [-0.3, -0.25) is 0 Å². The number of nitrogen functional groups attached to an aromatic ring is 1. The number of nitrogens with two attached hydrogens (primary N) is 1. The van der Waals surface area contributed by atoms with Crippen molar-refractivity contribution in [2.75, 3.05) is 5.73 Å². The average Bonchev–Trinajstić information content (AvgIpc) is 2.80. The summed E-state index contributed by atoms with van der Waals surface area (Å²) in [7, 11) is 0. The first-order valence-corrected chi connectivity index (χ1v) is 6.89. The van der Waals surface area contributed by atoms with Crippen molar-refractivity contribution in [1.29, 1.82) is 0 Å². The summed E-state index contributed by atoms with van der Waals surface area (Å²) in [6, 6.07) is 11.1. The van der Waals surface area contributed by atoms with Crippen molar-refractivity contribution >= 4 is 17.4 Å². The summed E-state index contributed by atoms with van der Waals surface area (Å²) in [6.45, 7) is 0. The van der Waals surface area contributed by atoms with E-state index >= 15 is 0 Å². The van der Waals surface area contributed by atoms with Crippen molar-refractivity contribution < 1.29 is 4.39 Å². The van der Waals surface area contributed by atoms with Gasteiger partial charge >= 0.3 is 0 Å².